The van der Waals surface area contributed by atoms with Crippen molar-refractivity contribution in [3.05, 3.63) is 42.5 Å². The Morgan fingerprint density at radius 1 is 1.48 bits per heavy atom. The van der Waals surface area contributed by atoms with Crippen LogP contribution < -0.4 is 15.9 Å². The second kappa shape index (κ2) is 8.26. The van der Waals surface area contributed by atoms with Crippen LogP contribution in [0.25, 0.3) is 0 Å². The molecule has 114 valence electrons. The van der Waals surface area contributed by atoms with E-state index in [9.17, 15) is 4.79 Å². The predicted molar refractivity (Wildman–Crippen MR) is 87.9 cm³/mol. The van der Waals surface area contributed by atoms with Crippen molar-refractivity contribution < 1.29 is 9.53 Å². The highest BCUT2D eigenvalue weighted by Gasteiger charge is 2.11. The van der Waals surface area contributed by atoms with Crippen LogP contribution in [0.5, 0.6) is 5.75 Å². The number of nitrogens with two attached hydrogens (primary N) is 1. The van der Waals surface area contributed by atoms with Crippen LogP contribution in [0.3, 0.4) is 0 Å². The molecule has 0 aliphatic rings. The third-order valence-corrected chi connectivity index (χ3v) is 2.73. The molecule has 0 aliphatic carbocycles. The number of carbonyl (C=O) groups is 1. The number of carbonyl (C=O) groups excluding carboxylic acids is 1. The molecule has 6 heteroatoms. The molecule has 1 amide bonds. The van der Waals surface area contributed by atoms with E-state index in [2.05, 4.69) is 25.9 Å². The van der Waals surface area contributed by atoms with Crippen LogP contribution in [0, 0.1) is 5.92 Å². The van der Waals surface area contributed by atoms with Gasteiger partial charge >= 0.3 is 0 Å². The number of amides is 1. The number of hydrogen-bond donors (Lipinski definition) is 2. The molecule has 0 saturated heterocycles. The van der Waals surface area contributed by atoms with Gasteiger partial charge in [0, 0.05) is 5.56 Å². The normalized spacial score (nSPS) is 10.0. The van der Waals surface area contributed by atoms with Crippen molar-refractivity contribution in [3.63, 3.8) is 0 Å². The van der Waals surface area contributed by atoms with Crippen molar-refractivity contribution >= 4 is 23.2 Å². The van der Waals surface area contributed by atoms with Gasteiger partial charge in [-0.2, -0.15) is 0 Å². The van der Waals surface area contributed by atoms with Crippen LogP contribution >= 0.6 is 12.2 Å². The number of ether oxygens (including phenoxy) is 1. The molecule has 0 radical (unpaired) electrons. The molecule has 0 aliphatic heterocycles. The average molecular weight is 307 g/mol. The predicted octanol–water partition coefficient (Wildman–Crippen LogP) is 2.10. The fraction of sp³-hybridized carbons (Fsp3) is 0.333. The van der Waals surface area contributed by atoms with E-state index in [4.69, 9.17) is 22.7 Å². The SMILES string of the molecule is C=CCN(NC(=O)c1ccc(OCC(C)C)cc1)C(N)=S. The van der Waals surface area contributed by atoms with Gasteiger partial charge in [-0.15, -0.1) is 6.58 Å². The lowest BCUT2D eigenvalue weighted by atomic mass is 10.2. The Bertz CT molecular complexity index is 500. The highest BCUT2D eigenvalue weighted by atomic mass is 32.1. The summed E-state index contributed by atoms with van der Waals surface area (Å²) in [5, 5.41) is 1.44. The van der Waals surface area contributed by atoms with Gasteiger partial charge in [-0.05, 0) is 42.4 Å². The Morgan fingerprint density at radius 3 is 2.57 bits per heavy atom. The molecule has 0 aromatic heterocycles. The van der Waals surface area contributed by atoms with E-state index < -0.39 is 0 Å². The first kappa shape index (κ1) is 17.0. The fourth-order valence-corrected chi connectivity index (χ4v) is 1.59. The van der Waals surface area contributed by atoms with Gasteiger partial charge in [0.2, 0.25) is 0 Å². The number of nitrogens with zero attached hydrogens (tertiary/aromatic N) is 1. The topological polar surface area (TPSA) is 67.6 Å². The molecule has 0 bridgehead atoms. The summed E-state index contributed by atoms with van der Waals surface area (Å²) in [7, 11) is 0. The number of hydrazine groups is 1. The van der Waals surface area contributed by atoms with E-state index in [0.29, 0.717) is 24.6 Å². The van der Waals surface area contributed by atoms with Gasteiger partial charge in [0.05, 0.1) is 13.2 Å². The van der Waals surface area contributed by atoms with Crippen LogP contribution in [-0.4, -0.2) is 29.2 Å². The van der Waals surface area contributed by atoms with Crippen LogP contribution in [0.15, 0.2) is 36.9 Å². The number of benzene rings is 1. The summed E-state index contributed by atoms with van der Waals surface area (Å²) in [4.78, 5) is 12.1. The molecule has 21 heavy (non-hydrogen) atoms. The zero-order chi connectivity index (χ0) is 15.8. The van der Waals surface area contributed by atoms with Gasteiger partial charge < -0.3 is 10.5 Å². The first-order valence-electron chi connectivity index (χ1n) is 6.65. The molecule has 0 fully saturated rings. The molecule has 1 aromatic rings. The Balaban J connectivity index is 2.65. The van der Waals surface area contributed by atoms with E-state index in [1.165, 1.54) is 5.01 Å². The first-order valence-corrected chi connectivity index (χ1v) is 7.06. The maximum absolute atomic E-state index is 12.1. The zero-order valence-electron chi connectivity index (χ0n) is 12.3. The second-order valence-corrected chi connectivity index (χ2v) is 5.33. The largest absolute Gasteiger partial charge is 0.493 e. The van der Waals surface area contributed by atoms with Crippen LogP contribution in [0.2, 0.25) is 0 Å². The molecule has 0 atom stereocenters. The zero-order valence-corrected chi connectivity index (χ0v) is 13.2. The van der Waals surface area contributed by atoms with Gasteiger partial charge in [0.25, 0.3) is 5.91 Å². The van der Waals surface area contributed by atoms with Crippen molar-refractivity contribution in [3.8, 4) is 5.75 Å². The van der Waals surface area contributed by atoms with E-state index in [1.807, 2.05) is 0 Å². The van der Waals surface area contributed by atoms with Gasteiger partial charge in [-0.1, -0.05) is 19.9 Å². The Kier molecular flexibility index (Phi) is 6.68. The minimum absolute atomic E-state index is 0.0835. The monoisotopic (exact) mass is 307 g/mol. The average Bonchev–Trinajstić information content (AvgIpc) is 2.45. The quantitative estimate of drug-likeness (QED) is 0.478. The Morgan fingerprint density at radius 2 is 2.10 bits per heavy atom. The third kappa shape index (κ3) is 5.83. The number of rotatable bonds is 6. The summed E-state index contributed by atoms with van der Waals surface area (Å²) >= 11 is 4.85. The van der Waals surface area contributed by atoms with Gasteiger partial charge in [-0.25, -0.2) is 0 Å². The van der Waals surface area contributed by atoms with E-state index in [-0.39, 0.29) is 11.0 Å². The van der Waals surface area contributed by atoms with Crippen LogP contribution in [0.1, 0.15) is 24.2 Å². The summed E-state index contributed by atoms with van der Waals surface area (Å²) < 4.78 is 5.56. The maximum atomic E-state index is 12.1. The minimum Gasteiger partial charge on any atom is -0.493 e. The Hall–Kier alpha value is -2.08. The molecular formula is C15H21N3O2S. The lowest BCUT2D eigenvalue weighted by Gasteiger charge is -2.21. The highest BCUT2D eigenvalue weighted by Crippen LogP contribution is 2.13. The fourth-order valence-electron chi connectivity index (χ4n) is 1.47. The summed E-state index contributed by atoms with van der Waals surface area (Å²) in [6.45, 7) is 8.72. The summed E-state index contributed by atoms with van der Waals surface area (Å²) in [6.07, 6.45) is 1.60. The van der Waals surface area contributed by atoms with Crippen molar-refractivity contribution in [1.82, 2.24) is 10.4 Å². The number of thiocarbonyl (C=S) groups is 1. The maximum Gasteiger partial charge on any atom is 0.269 e. The molecule has 3 N–H and O–H groups in total. The lowest BCUT2D eigenvalue weighted by molar-refractivity contribution is 0.0879. The van der Waals surface area contributed by atoms with Crippen LogP contribution in [0.4, 0.5) is 0 Å². The molecule has 0 heterocycles. The van der Waals surface area contributed by atoms with Gasteiger partial charge in [-0.3, -0.25) is 15.2 Å². The Labute approximate surface area is 130 Å². The molecule has 5 nitrogen and oxygen atoms in total. The smallest absolute Gasteiger partial charge is 0.269 e. The van der Waals surface area contributed by atoms with Crippen molar-refractivity contribution in [2.75, 3.05) is 13.2 Å². The lowest BCUT2D eigenvalue weighted by Crippen LogP contribution is -2.48. The van der Waals surface area contributed by atoms with Gasteiger partial charge in [0.15, 0.2) is 5.11 Å². The molecule has 1 rings (SSSR count). The van der Waals surface area contributed by atoms with Crippen molar-refractivity contribution in [2.24, 2.45) is 11.7 Å². The summed E-state index contributed by atoms with van der Waals surface area (Å²) in [5.74, 6) is 0.892. The molecule has 1 aromatic carbocycles. The number of nitrogens with one attached hydrogen (secondary N) is 1. The molecule has 0 spiro atoms. The highest BCUT2D eigenvalue weighted by molar-refractivity contribution is 7.80. The molecule has 0 unspecified atom stereocenters. The van der Waals surface area contributed by atoms with E-state index >= 15 is 0 Å². The molecular weight excluding hydrogens is 286 g/mol. The third-order valence-electron chi connectivity index (χ3n) is 2.51. The van der Waals surface area contributed by atoms with Crippen molar-refractivity contribution in [1.29, 1.82) is 0 Å². The standard InChI is InChI=1S/C15H21N3O2S/c1-4-9-18(15(16)21)17-14(19)12-5-7-13(8-6-12)20-10-11(2)3/h4-8,11H,1,9-10H2,2-3H3,(H2,16,21)(H,17,19). The van der Waals surface area contributed by atoms with E-state index in [0.717, 1.165) is 5.75 Å². The van der Waals surface area contributed by atoms with Crippen LogP contribution in [-0.2, 0) is 0 Å². The van der Waals surface area contributed by atoms with E-state index in [1.54, 1.807) is 30.3 Å². The molecule has 0 saturated carbocycles. The summed E-state index contributed by atoms with van der Waals surface area (Å²) in [6, 6.07) is 6.90. The second-order valence-electron chi connectivity index (χ2n) is 4.91. The first-order chi connectivity index (χ1) is 9.93. The number of hydrogen-bond acceptors (Lipinski definition) is 3. The minimum atomic E-state index is -0.292. The van der Waals surface area contributed by atoms with Gasteiger partial charge in [0.1, 0.15) is 5.75 Å². The van der Waals surface area contributed by atoms with Crippen molar-refractivity contribution in [2.45, 2.75) is 13.8 Å². The summed E-state index contributed by atoms with van der Waals surface area (Å²) in [5.41, 5.74) is 8.63.